The van der Waals surface area contributed by atoms with Crippen molar-refractivity contribution in [3.8, 4) is 11.5 Å². The summed E-state index contributed by atoms with van der Waals surface area (Å²) < 4.78 is 23.5. The van der Waals surface area contributed by atoms with Gasteiger partial charge in [0, 0.05) is 43.2 Å². The quantitative estimate of drug-likeness (QED) is 0.320. The predicted molar refractivity (Wildman–Crippen MR) is 155 cm³/mol. The van der Waals surface area contributed by atoms with Crippen LogP contribution in [0.1, 0.15) is 47.4 Å². The molecule has 2 aliphatic rings. The second-order valence-corrected chi connectivity index (χ2v) is 10.6. The summed E-state index contributed by atoms with van der Waals surface area (Å²) in [5, 5.41) is 15.1. The van der Waals surface area contributed by atoms with Crippen molar-refractivity contribution in [1.82, 2.24) is 4.90 Å². The molecule has 3 aromatic rings. The first-order valence-corrected chi connectivity index (χ1v) is 14.5. The summed E-state index contributed by atoms with van der Waals surface area (Å²) in [6, 6.07) is 22.3. The van der Waals surface area contributed by atoms with Crippen molar-refractivity contribution >= 4 is 11.8 Å². The number of fused-ring (bicyclic) bond motifs is 1. The van der Waals surface area contributed by atoms with Crippen molar-refractivity contribution in [2.45, 2.75) is 50.9 Å². The first-order valence-electron chi connectivity index (χ1n) is 14.5. The SMILES string of the molecule is COc1ccccc1COCCCOc1ccc(C2CCN(C(=O)[O-])CC2OCc2ccc3c(c2)NCCC3)cc1. The van der Waals surface area contributed by atoms with E-state index >= 15 is 0 Å². The standard InChI is InChI=1S/C33H40N2O6/c1-38-31-8-3-2-6-27(31)23-39-18-5-19-40-28-13-11-25(12-14-28)29-15-17-35(33(36)37)21-32(29)41-22-24-9-10-26-7-4-16-34-30(26)20-24/h2-3,6,8-14,20,29,32,34H,4-5,7,15-19,21-23H2,1H3,(H,36,37)/p-1. The van der Waals surface area contributed by atoms with Gasteiger partial charge in [0.05, 0.1) is 39.6 Å². The molecule has 8 heteroatoms. The number of para-hydroxylation sites is 1. The van der Waals surface area contributed by atoms with Gasteiger partial charge < -0.3 is 39.1 Å². The van der Waals surface area contributed by atoms with E-state index in [9.17, 15) is 9.90 Å². The molecule has 0 aliphatic carbocycles. The van der Waals surface area contributed by atoms with Crippen molar-refractivity contribution in [3.05, 3.63) is 89.0 Å². The van der Waals surface area contributed by atoms with E-state index < -0.39 is 6.09 Å². The van der Waals surface area contributed by atoms with Crippen molar-refractivity contribution in [2.24, 2.45) is 0 Å². The van der Waals surface area contributed by atoms with Crippen LogP contribution < -0.4 is 19.9 Å². The Hall–Kier alpha value is -3.75. The number of nitrogens with one attached hydrogen (secondary N) is 1. The van der Waals surface area contributed by atoms with Gasteiger partial charge in [-0.15, -0.1) is 0 Å². The van der Waals surface area contributed by atoms with E-state index in [1.165, 1.54) is 16.2 Å². The number of hydrogen-bond acceptors (Lipinski definition) is 7. The van der Waals surface area contributed by atoms with Gasteiger partial charge in [-0.1, -0.05) is 42.5 Å². The number of benzene rings is 3. The number of likely N-dealkylation sites (tertiary alicyclic amines) is 1. The van der Waals surface area contributed by atoms with Crippen LogP contribution in [0.15, 0.2) is 66.7 Å². The third kappa shape index (κ3) is 7.71. The van der Waals surface area contributed by atoms with Crippen molar-refractivity contribution in [2.75, 3.05) is 45.3 Å². The minimum absolute atomic E-state index is 0.0822. The van der Waals surface area contributed by atoms with E-state index in [2.05, 4.69) is 35.6 Å². The molecule has 0 spiro atoms. The van der Waals surface area contributed by atoms with Gasteiger partial charge in [-0.3, -0.25) is 0 Å². The first kappa shape index (κ1) is 28.8. The molecular weight excluding hydrogens is 520 g/mol. The number of anilines is 1. The van der Waals surface area contributed by atoms with E-state index in [4.69, 9.17) is 18.9 Å². The molecule has 8 nitrogen and oxygen atoms in total. The van der Waals surface area contributed by atoms with Crippen LogP contribution in [0.4, 0.5) is 10.5 Å². The molecular formula is C33H39N2O6-. The van der Waals surface area contributed by atoms with Gasteiger partial charge in [0.2, 0.25) is 0 Å². The molecule has 0 radical (unpaired) electrons. The summed E-state index contributed by atoms with van der Waals surface area (Å²) in [5.74, 6) is 1.71. The first-order chi connectivity index (χ1) is 20.1. The minimum atomic E-state index is -1.15. The summed E-state index contributed by atoms with van der Waals surface area (Å²) >= 11 is 0. The van der Waals surface area contributed by atoms with E-state index in [-0.39, 0.29) is 12.0 Å². The average molecular weight is 560 g/mol. The smallest absolute Gasteiger partial charge is 0.137 e. The summed E-state index contributed by atoms with van der Waals surface area (Å²) in [7, 11) is 1.66. The Morgan fingerprint density at radius 1 is 1.05 bits per heavy atom. The van der Waals surface area contributed by atoms with E-state index in [0.29, 0.717) is 45.9 Å². The fourth-order valence-electron chi connectivity index (χ4n) is 5.60. The molecule has 5 rings (SSSR count). The molecule has 1 N–H and O–H groups in total. The summed E-state index contributed by atoms with van der Waals surface area (Å²) in [5.41, 5.74) is 5.73. The largest absolute Gasteiger partial charge is 0.530 e. The van der Waals surface area contributed by atoms with Crippen molar-refractivity contribution < 1.29 is 28.8 Å². The Morgan fingerprint density at radius 2 is 1.90 bits per heavy atom. The Labute approximate surface area is 242 Å². The molecule has 2 aliphatic heterocycles. The van der Waals surface area contributed by atoms with E-state index in [1.807, 2.05) is 36.4 Å². The molecule has 3 aromatic carbocycles. The number of methoxy groups -OCH3 is 1. The number of amides is 1. The molecule has 41 heavy (non-hydrogen) atoms. The van der Waals surface area contributed by atoms with Crippen LogP contribution in [0.25, 0.3) is 0 Å². The van der Waals surface area contributed by atoms with Crippen LogP contribution in [-0.4, -0.2) is 57.1 Å². The molecule has 1 saturated heterocycles. The zero-order valence-corrected chi connectivity index (χ0v) is 23.7. The zero-order chi connectivity index (χ0) is 28.4. The molecule has 0 bridgehead atoms. The van der Waals surface area contributed by atoms with Gasteiger partial charge in [0.25, 0.3) is 0 Å². The number of carbonyl (C=O) groups is 1. The molecule has 0 saturated carbocycles. The van der Waals surface area contributed by atoms with Gasteiger partial charge in [-0.05, 0) is 60.2 Å². The highest BCUT2D eigenvalue weighted by Crippen LogP contribution is 2.33. The second kappa shape index (κ2) is 14.2. The Bertz CT molecular complexity index is 1280. The molecule has 2 atom stereocenters. The van der Waals surface area contributed by atoms with Crippen LogP contribution in [0, 0.1) is 0 Å². The van der Waals surface area contributed by atoms with Gasteiger partial charge >= 0.3 is 0 Å². The monoisotopic (exact) mass is 559 g/mol. The summed E-state index contributed by atoms with van der Waals surface area (Å²) in [6.45, 7) is 3.79. The lowest BCUT2D eigenvalue weighted by Crippen LogP contribution is -2.51. The van der Waals surface area contributed by atoms with Crippen LogP contribution in [0.2, 0.25) is 0 Å². The Kier molecular flexibility index (Phi) is 9.99. The highest BCUT2D eigenvalue weighted by atomic mass is 16.5. The fourth-order valence-corrected chi connectivity index (χ4v) is 5.60. The highest BCUT2D eigenvalue weighted by molar-refractivity contribution is 5.62. The van der Waals surface area contributed by atoms with Crippen molar-refractivity contribution in [1.29, 1.82) is 0 Å². The van der Waals surface area contributed by atoms with E-state index in [0.717, 1.165) is 54.0 Å². The second-order valence-electron chi connectivity index (χ2n) is 10.6. The molecule has 1 fully saturated rings. The maximum Gasteiger partial charge on any atom is 0.137 e. The van der Waals surface area contributed by atoms with Gasteiger partial charge in [0.1, 0.15) is 17.6 Å². The Balaban J connectivity index is 1.12. The molecule has 1 amide bonds. The molecule has 2 heterocycles. The maximum absolute atomic E-state index is 11.6. The predicted octanol–water partition coefficient (Wildman–Crippen LogP) is 4.76. The van der Waals surface area contributed by atoms with Gasteiger partial charge in [-0.25, -0.2) is 0 Å². The number of piperidine rings is 1. The zero-order valence-electron chi connectivity index (χ0n) is 23.7. The highest BCUT2D eigenvalue weighted by Gasteiger charge is 2.31. The van der Waals surface area contributed by atoms with Crippen LogP contribution in [0.3, 0.4) is 0 Å². The maximum atomic E-state index is 11.6. The Morgan fingerprint density at radius 3 is 2.73 bits per heavy atom. The van der Waals surface area contributed by atoms with Crippen molar-refractivity contribution in [3.63, 3.8) is 0 Å². The number of hydrogen-bond donors (Lipinski definition) is 1. The summed E-state index contributed by atoms with van der Waals surface area (Å²) in [6.07, 6.45) is 2.27. The third-order valence-corrected chi connectivity index (χ3v) is 7.85. The molecule has 218 valence electrons. The molecule has 2 unspecified atom stereocenters. The molecule has 0 aromatic heterocycles. The summed E-state index contributed by atoms with van der Waals surface area (Å²) in [4.78, 5) is 13.0. The van der Waals surface area contributed by atoms with Crippen LogP contribution >= 0.6 is 0 Å². The number of aryl methyl sites for hydroxylation is 1. The lowest BCUT2D eigenvalue weighted by Gasteiger charge is -2.40. The number of carboxylic acid groups (broad SMARTS) is 1. The van der Waals surface area contributed by atoms with Gasteiger partial charge in [-0.2, -0.15) is 0 Å². The number of rotatable bonds is 12. The average Bonchev–Trinajstić information content (AvgIpc) is 3.02. The van der Waals surface area contributed by atoms with E-state index in [1.54, 1.807) is 7.11 Å². The topological polar surface area (TPSA) is 92.3 Å². The number of ether oxygens (including phenoxy) is 4. The lowest BCUT2D eigenvalue weighted by molar-refractivity contribution is -0.268. The van der Waals surface area contributed by atoms with Gasteiger partial charge in [0.15, 0.2) is 0 Å². The fraction of sp³-hybridized carbons (Fsp3) is 0.424. The number of nitrogens with zero attached hydrogens (tertiary/aromatic N) is 1. The normalized spacial score (nSPS) is 18.3. The third-order valence-electron chi connectivity index (χ3n) is 7.85. The van der Waals surface area contributed by atoms with Crippen LogP contribution in [0.5, 0.6) is 11.5 Å². The van der Waals surface area contributed by atoms with Crippen LogP contribution in [-0.2, 0) is 29.1 Å². The number of carbonyl (C=O) groups excluding carboxylic acids is 1. The lowest BCUT2D eigenvalue weighted by atomic mass is 9.87. The minimum Gasteiger partial charge on any atom is -0.530 e.